The molecule has 0 unspecified atom stereocenters. The quantitative estimate of drug-likeness (QED) is 0.645. The number of nitrogens with one attached hydrogen (secondary N) is 1. The highest BCUT2D eigenvalue weighted by Crippen LogP contribution is 2.14. The van der Waals surface area contributed by atoms with Crippen molar-refractivity contribution >= 4 is 12.6 Å². The van der Waals surface area contributed by atoms with Gasteiger partial charge in [-0.15, -0.1) is 0 Å². The molecule has 0 radical (unpaired) electrons. The summed E-state index contributed by atoms with van der Waals surface area (Å²) in [6.07, 6.45) is 2.45. The number of carbonyl (C=O) groups is 1. The molecule has 0 aromatic rings. The fourth-order valence-electron chi connectivity index (χ4n) is 1.03. The monoisotopic (exact) mass is 180 g/mol. The SMILES string of the molecule is C=CC1=C(N=C)C(=O)NCC1.CC. The van der Waals surface area contributed by atoms with Gasteiger partial charge in [-0.2, -0.15) is 0 Å². The van der Waals surface area contributed by atoms with Crippen molar-refractivity contribution in [1.82, 2.24) is 5.32 Å². The second kappa shape index (κ2) is 6.17. The average Bonchev–Trinajstić information content (AvgIpc) is 2.20. The van der Waals surface area contributed by atoms with Crippen LogP contribution in [-0.4, -0.2) is 19.2 Å². The van der Waals surface area contributed by atoms with Crippen LogP contribution in [-0.2, 0) is 4.79 Å². The van der Waals surface area contributed by atoms with Gasteiger partial charge in [0.05, 0.1) is 0 Å². The highest BCUT2D eigenvalue weighted by molar-refractivity contribution is 5.95. The Hall–Kier alpha value is -1.38. The summed E-state index contributed by atoms with van der Waals surface area (Å²) in [4.78, 5) is 14.7. The van der Waals surface area contributed by atoms with Gasteiger partial charge in [0.1, 0.15) is 5.70 Å². The number of carbonyl (C=O) groups excluding carboxylic acids is 1. The van der Waals surface area contributed by atoms with Crippen LogP contribution in [0.3, 0.4) is 0 Å². The average molecular weight is 180 g/mol. The van der Waals surface area contributed by atoms with E-state index in [0.717, 1.165) is 12.0 Å². The Morgan fingerprint density at radius 1 is 1.54 bits per heavy atom. The number of amides is 1. The third kappa shape index (κ3) is 2.86. The van der Waals surface area contributed by atoms with Crippen LogP contribution in [0, 0.1) is 0 Å². The summed E-state index contributed by atoms with van der Waals surface area (Å²) >= 11 is 0. The van der Waals surface area contributed by atoms with Crippen molar-refractivity contribution < 1.29 is 4.79 Å². The van der Waals surface area contributed by atoms with E-state index in [2.05, 4.69) is 23.6 Å². The van der Waals surface area contributed by atoms with Crippen LogP contribution in [0.25, 0.3) is 0 Å². The van der Waals surface area contributed by atoms with Gasteiger partial charge in [0, 0.05) is 6.54 Å². The predicted molar refractivity (Wildman–Crippen MR) is 55.7 cm³/mol. The van der Waals surface area contributed by atoms with Crippen LogP contribution in [0.15, 0.2) is 28.9 Å². The van der Waals surface area contributed by atoms with E-state index >= 15 is 0 Å². The fraction of sp³-hybridized carbons (Fsp3) is 0.400. The van der Waals surface area contributed by atoms with Crippen molar-refractivity contribution in [2.75, 3.05) is 6.54 Å². The lowest BCUT2D eigenvalue weighted by molar-refractivity contribution is -0.117. The van der Waals surface area contributed by atoms with E-state index < -0.39 is 0 Å². The first-order valence-electron chi connectivity index (χ1n) is 4.40. The minimum absolute atomic E-state index is 0.152. The van der Waals surface area contributed by atoms with Gasteiger partial charge in [-0.05, 0) is 18.7 Å². The molecule has 1 aliphatic heterocycles. The smallest absolute Gasteiger partial charge is 0.270 e. The van der Waals surface area contributed by atoms with Gasteiger partial charge in [-0.25, -0.2) is 0 Å². The molecular weight excluding hydrogens is 164 g/mol. The molecule has 0 saturated heterocycles. The van der Waals surface area contributed by atoms with Gasteiger partial charge in [0.15, 0.2) is 0 Å². The third-order valence-electron chi connectivity index (χ3n) is 1.60. The zero-order chi connectivity index (χ0) is 10.3. The zero-order valence-corrected chi connectivity index (χ0v) is 8.26. The van der Waals surface area contributed by atoms with Gasteiger partial charge in [-0.3, -0.25) is 9.79 Å². The Balaban J connectivity index is 0.000000671. The van der Waals surface area contributed by atoms with E-state index in [9.17, 15) is 4.79 Å². The second-order valence-electron chi connectivity index (χ2n) is 2.24. The molecule has 1 amide bonds. The van der Waals surface area contributed by atoms with Gasteiger partial charge in [0.2, 0.25) is 0 Å². The molecule has 0 spiro atoms. The van der Waals surface area contributed by atoms with E-state index in [1.807, 2.05) is 13.8 Å². The molecule has 72 valence electrons. The first-order chi connectivity index (χ1) is 6.29. The number of hydrogen-bond donors (Lipinski definition) is 1. The molecular formula is C10H16N2O. The number of nitrogens with zero attached hydrogens (tertiary/aromatic N) is 1. The molecule has 1 N–H and O–H groups in total. The van der Waals surface area contributed by atoms with Crippen LogP contribution in [0.1, 0.15) is 20.3 Å². The largest absolute Gasteiger partial charge is 0.350 e. The molecule has 1 rings (SSSR count). The molecule has 0 fully saturated rings. The lowest BCUT2D eigenvalue weighted by Gasteiger charge is -2.14. The Kier molecular flexibility index (Phi) is 5.52. The predicted octanol–water partition coefficient (Wildman–Crippen LogP) is 1.67. The van der Waals surface area contributed by atoms with Crippen molar-refractivity contribution in [3.05, 3.63) is 23.9 Å². The topological polar surface area (TPSA) is 41.5 Å². The number of allylic oxidation sites excluding steroid dienone is 1. The first kappa shape index (κ1) is 11.6. The van der Waals surface area contributed by atoms with Crippen LogP contribution in [0.2, 0.25) is 0 Å². The Morgan fingerprint density at radius 3 is 2.54 bits per heavy atom. The van der Waals surface area contributed by atoms with E-state index in [1.165, 1.54) is 0 Å². The van der Waals surface area contributed by atoms with E-state index in [4.69, 9.17) is 0 Å². The Bertz CT molecular complexity index is 241. The summed E-state index contributed by atoms with van der Waals surface area (Å²) in [5, 5.41) is 2.67. The highest BCUT2D eigenvalue weighted by atomic mass is 16.2. The van der Waals surface area contributed by atoms with Crippen molar-refractivity contribution in [1.29, 1.82) is 0 Å². The molecule has 1 heterocycles. The van der Waals surface area contributed by atoms with Crippen LogP contribution < -0.4 is 5.32 Å². The number of hydrogen-bond acceptors (Lipinski definition) is 2. The molecule has 0 aromatic carbocycles. The molecule has 3 heteroatoms. The minimum atomic E-state index is -0.152. The van der Waals surface area contributed by atoms with Crippen molar-refractivity contribution in [3.8, 4) is 0 Å². The maximum Gasteiger partial charge on any atom is 0.270 e. The molecule has 0 saturated carbocycles. The standard InChI is InChI=1S/C8H10N2O.C2H6/c1-3-6-4-5-10-8(11)7(6)9-2;1-2/h3H,1-2,4-5H2,(H,10,11);1-2H3. The molecule has 1 aliphatic rings. The summed E-state index contributed by atoms with van der Waals surface area (Å²) in [5.74, 6) is -0.152. The zero-order valence-electron chi connectivity index (χ0n) is 8.26. The van der Waals surface area contributed by atoms with Crippen molar-refractivity contribution in [2.24, 2.45) is 4.99 Å². The molecule has 0 bridgehead atoms. The minimum Gasteiger partial charge on any atom is -0.350 e. The highest BCUT2D eigenvalue weighted by Gasteiger charge is 2.16. The van der Waals surface area contributed by atoms with E-state index in [1.54, 1.807) is 6.08 Å². The summed E-state index contributed by atoms with van der Waals surface area (Å²) in [6.45, 7) is 11.6. The van der Waals surface area contributed by atoms with Gasteiger partial charge in [0.25, 0.3) is 5.91 Å². The summed E-state index contributed by atoms with van der Waals surface area (Å²) in [5.41, 5.74) is 1.29. The maximum atomic E-state index is 11.0. The van der Waals surface area contributed by atoms with Crippen LogP contribution >= 0.6 is 0 Å². The van der Waals surface area contributed by atoms with Crippen molar-refractivity contribution in [3.63, 3.8) is 0 Å². The second-order valence-corrected chi connectivity index (χ2v) is 2.24. The van der Waals surface area contributed by atoms with E-state index in [0.29, 0.717) is 12.2 Å². The fourth-order valence-corrected chi connectivity index (χ4v) is 1.03. The van der Waals surface area contributed by atoms with E-state index in [-0.39, 0.29) is 5.91 Å². The summed E-state index contributed by atoms with van der Waals surface area (Å²) < 4.78 is 0. The maximum absolute atomic E-state index is 11.0. The number of aliphatic imine (C=N–C) groups is 1. The molecule has 0 atom stereocenters. The first-order valence-corrected chi connectivity index (χ1v) is 4.40. The normalized spacial score (nSPS) is 15.4. The van der Waals surface area contributed by atoms with Gasteiger partial charge < -0.3 is 5.32 Å². The van der Waals surface area contributed by atoms with Crippen LogP contribution in [0.4, 0.5) is 0 Å². The lowest BCUT2D eigenvalue weighted by Crippen LogP contribution is -2.30. The van der Waals surface area contributed by atoms with Gasteiger partial charge in [-0.1, -0.05) is 26.5 Å². The van der Waals surface area contributed by atoms with Crippen molar-refractivity contribution in [2.45, 2.75) is 20.3 Å². The molecule has 13 heavy (non-hydrogen) atoms. The third-order valence-corrected chi connectivity index (χ3v) is 1.60. The van der Waals surface area contributed by atoms with Gasteiger partial charge >= 0.3 is 0 Å². The molecule has 0 aliphatic carbocycles. The Labute approximate surface area is 79.3 Å². The molecule has 3 nitrogen and oxygen atoms in total. The lowest BCUT2D eigenvalue weighted by atomic mass is 10.1. The van der Waals surface area contributed by atoms with Crippen LogP contribution in [0.5, 0.6) is 0 Å². The summed E-state index contributed by atoms with van der Waals surface area (Å²) in [6, 6.07) is 0. The summed E-state index contributed by atoms with van der Waals surface area (Å²) in [7, 11) is 0. The Morgan fingerprint density at radius 2 is 2.15 bits per heavy atom. The molecule has 0 aromatic heterocycles. The number of rotatable bonds is 2.